The number of hydrogen-bond acceptors (Lipinski definition) is 8. The molecular formula is C39H50ClN7O4. The molecule has 4 aromatic rings. The average molecular weight is 716 g/mol. The number of halogens is 1. The standard InChI is InChI=1S/C39H50ClN7O4/c1-41-37(49)11-8-30(25-48)43-29-6-9-31(10-7-29)47-18-14-27(15-19-47)5-4-26-12-16-46(17-13-26)24-34-35(40)20-28(21-36(34)51-3)33-23-45(2)39(50)38-32(33)22-42-44-38/h6-7,9-10,20-23,25-27,30,43H,4-5,8,11-19,24H2,1-3H3,(H,41,49)(H,42,44). The van der Waals surface area contributed by atoms with Crippen molar-refractivity contribution in [1.29, 1.82) is 0 Å². The van der Waals surface area contributed by atoms with E-state index in [1.54, 1.807) is 32.0 Å². The molecule has 4 heterocycles. The molecule has 1 amide bonds. The summed E-state index contributed by atoms with van der Waals surface area (Å²) < 4.78 is 7.41. The molecule has 0 radical (unpaired) electrons. The van der Waals surface area contributed by atoms with Gasteiger partial charge in [0.15, 0.2) is 0 Å². The van der Waals surface area contributed by atoms with Gasteiger partial charge in [0, 0.05) is 79.3 Å². The number of anilines is 2. The van der Waals surface area contributed by atoms with Crippen molar-refractivity contribution in [3.8, 4) is 16.9 Å². The Balaban J connectivity index is 0.946. The van der Waals surface area contributed by atoms with E-state index in [9.17, 15) is 14.4 Å². The van der Waals surface area contributed by atoms with Gasteiger partial charge < -0.3 is 29.6 Å². The summed E-state index contributed by atoms with van der Waals surface area (Å²) in [5.74, 6) is 2.22. The summed E-state index contributed by atoms with van der Waals surface area (Å²) in [4.78, 5) is 40.5. The number of aromatic amines is 1. The minimum Gasteiger partial charge on any atom is -0.496 e. The number of H-pyrrole nitrogens is 1. The molecule has 2 aliphatic heterocycles. The molecule has 0 bridgehead atoms. The Hall–Kier alpha value is -4.35. The fourth-order valence-electron chi connectivity index (χ4n) is 7.66. The average Bonchev–Trinajstić information content (AvgIpc) is 3.66. The first-order valence-corrected chi connectivity index (χ1v) is 18.5. The molecule has 0 aliphatic carbocycles. The predicted octanol–water partition coefficient (Wildman–Crippen LogP) is 6.01. The molecule has 0 spiro atoms. The maximum absolute atomic E-state index is 12.5. The monoisotopic (exact) mass is 715 g/mol. The van der Waals surface area contributed by atoms with Crippen molar-refractivity contribution in [3.05, 3.63) is 69.7 Å². The zero-order valence-electron chi connectivity index (χ0n) is 29.9. The van der Waals surface area contributed by atoms with Crippen molar-refractivity contribution in [2.45, 2.75) is 64.0 Å². The predicted molar refractivity (Wildman–Crippen MR) is 204 cm³/mol. The number of nitrogens with one attached hydrogen (secondary N) is 3. The number of likely N-dealkylation sites (tertiary alicyclic amines) is 1. The van der Waals surface area contributed by atoms with Crippen LogP contribution in [0.4, 0.5) is 11.4 Å². The highest BCUT2D eigenvalue weighted by atomic mass is 35.5. The molecule has 1 atom stereocenters. The molecule has 2 fully saturated rings. The Morgan fingerprint density at radius 1 is 1.08 bits per heavy atom. The number of piperidine rings is 2. The molecule has 3 N–H and O–H groups in total. The lowest BCUT2D eigenvalue weighted by Gasteiger charge is -2.36. The summed E-state index contributed by atoms with van der Waals surface area (Å²) in [7, 11) is 5.03. The molecule has 51 heavy (non-hydrogen) atoms. The second-order valence-electron chi connectivity index (χ2n) is 14.1. The van der Waals surface area contributed by atoms with Gasteiger partial charge >= 0.3 is 0 Å². The van der Waals surface area contributed by atoms with Gasteiger partial charge in [0.2, 0.25) is 5.91 Å². The molecule has 0 saturated carbocycles. The third-order valence-corrected chi connectivity index (χ3v) is 11.2. The Morgan fingerprint density at radius 3 is 2.41 bits per heavy atom. The highest BCUT2D eigenvalue weighted by Gasteiger charge is 2.25. The summed E-state index contributed by atoms with van der Waals surface area (Å²) in [6.45, 7) is 4.97. The van der Waals surface area contributed by atoms with Gasteiger partial charge in [-0.3, -0.25) is 19.6 Å². The number of fused-ring (bicyclic) bond motifs is 1. The zero-order chi connectivity index (χ0) is 35.9. The summed E-state index contributed by atoms with van der Waals surface area (Å²) in [6.07, 6.45) is 12.6. The van der Waals surface area contributed by atoms with Gasteiger partial charge in [-0.1, -0.05) is 24.4 Å². The minimum atomic E-state index is -0.383. The molecule has 6 rings (SSSR count). The molecular weight excluding hydrogens is 666 g/mol. The molecule has 11 nitrogen and oxygen atoms in total. The van der Waals surface area contributed by atoms with Crippen LogP contribution in [0.15, 0.2) is 53.6 Å². The quantitative estimate of drug-likeness (QED) is 0.136. The number of nitrogens with zero attached hydrogens (tertiary/aromatic N) is 4. The zero-order valence-corrected chi connectivity index (χ0v) is 30.7. The van der Waals surface area contributed by atoms with Crippen molar-refractivity contribution >= 4 is 46.1 Å². The summed E-state index contributed by atoms with van der Waals surface area (Å²) in [5, 5.41) is 14.2. The van der Waals surface area contributed by atoms with E-state index in [0.29, 0.717) is 23.4 Å². The summed E-state index contributed by atoms with van der Waals surface area (Å²) in [5.41, 5.74) is 5.22. The van der Waals surface area contributed by atoms with Gasteiger partial charge in [-0.05, 0) is 99.0 Å². The van der Waals surface area contributed by atoms with Crippen LogP contribution in [0, 0.1) is 11.8 Å². The number of aromatic nitrogens is 3. The third kappa shape index (κ3) is 8.76. The van der Waals surface area contributed by atoms with E-state index in [-0.39, 0.29) is 17.5 Å². The van der Waals surface area contributed by atoms with Gasteiger partial charge in [-0.25, -0.2) is 0 Å². The molecule has 2 saturated heterocycles. The summed E-state index contributed by atoms with van der Waals surface area (Å²) in [6, 6.07) is 11.9. The third-order valence-electron chi connectivity index (χ3n) is 10.9. The van der Waals surface area contributed by atoms with E-state index < -0.39 is 0 Å². The largest absolute Gasteiger partial charge is 0.496 e. The number of carbonyl (C=O) groups excluding carboxylic acids is 2. The minimum absolute atomic E-state index is 0.0624. The van der Waals surface area contributed by atoms with Crippen LogP contribution in [0.25, 0.3) is 22.0 Å². The fourth-order valence-corrected chi connectivity index (χ4v) is 7.93. The second-order valence-corrected chi connectivity index (χ2v) is 14.5. The van der Waals surface area contributed by atoms with Crippen LogP contribution in [0.3, 0.4) is 0 Å². The van der Waals surface area contributed by atoms with Crippen LogP contribution in [0.2, 0.25) is 5.02 Å². The number of hydrogen-bond donors (Lipinski definition) is 3. The number of ether oxygens (including phenoxy) is 1. The number of methoxy groups -OCH3 is 1. The molecule has 1 unspecified atom stereocenters. The molecule has 272 valence electrons. The van der Waals surface area contributed by atoms with Crippen LogP contribution in [0.1, 0.15) is 56.9 Å². The van der Waals surface area contributed by atoms with Crippen molar-refractivity contribution in [2.75, 3.05) is 50.6 Å². The Bertz CT molecular complexity index is 1860. The van der Waals surface area contributed by atoms with Crippen molar-refractivity contribution < 1.29 is 14.3 Å². The fraction of sp³-hybridized carbons (Fsp3) is 0.487. The number of aldehydes is 1. The maximum atomic E-state index is 12.5. The molecule has 2 aliphatic rings. The van der Waals surface area contributed by atoms with Crippen LogP contribution in [0.5, 0.6) is 5.75 Å². The van der Waals surface area contributed by atoms with Crippen LogP contribution >= 0.6 is 11.6 Å². The molecule has 2 aromatic carbocycles. The van der Waals surface area contributed by atoms with Crippen molar-refractivity contribution in [2.24, 2.45) is 18.9 Å². The number of rotatable bonds is 14. The lowest BCUT2D eigenvalue weighted by Crippen LogP contribution is -2.35. The van der Waals surface area contributed by atoms with Gasteiger partial charge in [0.25, 0.3) is 5.56 Å². The first-order chi connectivity index (χ1) is 24.8. The van der Waals surface area contributed by atoms with E-state index in [4.69, 9.17) is 16.3 Å². The van der Waals surface area contributed by atoms with Gasteiger partial charge in [0.05, 0.1) is 19.3 Å². The number of pyridine rings is 1. The van der Waals surface area contributed by atoms with Gasteiger partial charge in [-0.2, -0.15) is 5.10 Å². The van der Waals surface area contributed by atoms with Gasteiger partial charge in [-0.15, -0.1) is 0 Å². The highest BCUT2D eigenvalue weighted by Crippen LogP contribution is 2.37. The number of carbonyl (C=O) groups is 2. The summed E-state index contributed by atoms with van der Waals surface area (Å²) >= 11 is 6.92. The Morgan fingerprint density at radius 2 is 1.76 bits per heavy atom. The van der Waals surface area contributed by atoms with E-state index in [0.717, 1.165) is 84.4 Å². The van der Waals surface area contributed by atoms with Crippen molar-refractivity contribution in [1.82, 2.24) is 25.0 Å². The van der Waals surface area contributed by atoms with Crippen molar-refractivity contribution in [3.63, 3.8) is 0 Å². The van der Waals surface area contributed by atoms with Crippen LogP contribution in [-0.2, 0) is 23.2 Å². The van der Waals surface area contributed by atoms with E-state index >= 15 is 0 Å². The normalized spacial score (nSPS) is 16.7. The number of amides is 1. The first kappa shape index (κ1) is 36.4. The van der Waals surface area contributed by atoms with Gasteiger partial charge in [0.1, 0.15) is 17.6 Å². The van der Waals surface area contributed by atoms with E-state index in [1.807, 2.05) is 30.5 Å². The molecule has 12 heteroatoms. The van der Waals surface area contributed by atoms with E-state index in [1.165, 1.54) is 44.2 Å². The molecule has 2 aromatic heterocycles. The van der Waals surface area contributed by atoms with Crippen LogP contribution < -0.4 is 25.8 Å². The number of aryl methyl sites for hydroxylation is 1. The Kier molecular flexibility index (Phi) is 12.0. The first-order valence-electron chi connectivity index (χ1n) is 18.2. The smallest absolute Gasteiger partial charge is 0.276 e. The highest BCUT2D eigenvalue weighted by molar-refractivity contribution is 6.32. The lowest BCUT2D eigenvalue weighted by molar-refractivity contribution is -0.120. The topological polar surface area (TPSA) is 125 Å². The Labute approximate surface area is 304 Å². The maximum Gasteiger partial charge on any atom is 0.276 e. The van der Waals surface area contributed by atoms with E-state index in [2.05, 4.69) is 42.8 Å². The second kappa shape index (κ2) is 16.8. The number of benzene rings is 2. The lowest BCUT2D eigenvalue weighted by atomic mass is 9.85. The SMILES string of the molecule is CNC(=O)CCC(C=O)Nc1ccc(N2CCC(CCC3CCN(Cc4c(Cl)cc(-c5cn(C)c(=O)c6[nH]ncc56)cc4OC)CC3)CC2)cc1. The van der Waals surface area contributed by atoms with Crippen LogP contribution in [-0.4, -0.2) is 78.2 Å².